The monoisotopic (exact) mass is 293 g/mol. The summed E-state index contributed by atoms with van der Waals surface area (Å²) in [7, 11) is 1.78. The molecular weight excluding hydrogens is 274 g/mol. The van der Waals surface area contributed by atoms with E-state index >= 15 is 0 Å². The van der Waals surface area contributed by atoms with Crippen LogP contribution in [0.3, 0.4) is 0 Å². The summed E-state index contributed by atoms with van der Waals surface area (Å²) in [5.41, 5.74) is 1.31. The van der Waals surface area contributed by atoms with Crippen molar-refractivity contribution < 1.29 is 14.6 Å². The molecule has 0 amide bonds. The first kappa shape index (κ1) is 15.2. The van der Waals surface area contributed by atoms with Gasteiger partial charge in [-0.1, -0.05) is 5.21 Å². The van der Waals surface area contributed by atoms with Gasteiger partial charge in [0.25, 0.3) is 0 Å². The standard InChI is InChI=1S/C13H19N5O3/c1-5-21-13(20)11-12(10-6-14-17(4)7-10)18(16-15-11)8(2)9(3)19/h6-9,19H,5H2,1-4H3. The van der Waals surface area contributed by atoms with Crippen molar-refractivity contribution in [2.24, 2.45) is 7.05 Å². The lowest BCUT2D eigenvalue weighted by Gasteiger charge is -2.17. The van der Waals surface area contributed by atoms with Crippen molar-refractivity contribution in [1.82, 2.24) is 24.8 Å². The second-order valence-electron chi connectivity index (χ2n) is 4.84. The third kappa shape index (κ3) is 2.94. The van der Waals surface area contributed by atoms with Gasteiger partial charge in [0, 0.05) is 18.8 Å². The lowest BCUT2D eigenvalue weighted by molar-refractivity contribution is 0.0520. The molecule has 8 nitrogen and oxygen atoms in total. The largest absolute Gasteiger partial charge is 0.461 e. The van der Waals surface area contributed by atoms with Crippen LogP contribution in [-0.4, -0.2) is 48.6 Å². The van der Waals surface area contributed by atoms with Crippen LogP contribution < -0.4 is 0 Å². The Bertz CT molecular complexity index is 632. The van der Waals surface area contributed by atoms with E-state index in [2.05, 4.69) is 15.4 Å². The Morgan fingerprint density at radius 3 is 2.71 bits per heavy atom. The van der Waals surface area contributed by atoms with Gasteiger partial charge in [-0.25, -0.2) is 9.48 Å². The summed E-state index contributed by atoms with van der Waals surface area (Å²) >= 11 is 0. The third-order valence-corrected chi connectivity index (χ3v) is 3.23. The number of esters is 1. The van der Waals surface area contributed by atoms with Gasteiger partial charge in [0.2, 0.25) is 0 Å². The Balaban J connectivity index is 2.55. The van der Waals surface area contributed by atoms with E-state index < -0.39 is 12.1 Å². The number of ether oxygens (including phenoxy) is 1. The molecule has 2 aromatic heterocycles. The van der Waals surface area contributed by atoms with E-state index in [1.54, 1.807) is 44.9 Å². The first-order valence-corrected chi connectivity index (χ1v) is 6.75. The molecule has 8 heteroatoms. The molecule has 2 aromatic rings. The number of hydrogen-bond acceptors (Lipinski definition) is 6. The maximum atomic E-state index is 12.0. The highest BCUT2D eigenvalue weighted by molar-refractivity contribution is 5.94. The van der Waals surface area contributed by atoms with Gasteiger partial charge in [-0.3, -0.25) is 4.68 Å². The highest BCUT2D eigenvalue weighted by Gasteiger charge is 2.26. The van der Waals surface area contributed by atoms with Crippen LogP contribution >= 0.6 is 0 Å². The van der Waals surface area contributed by atoms with E-state index in [1.807, 2.05) is 0 Å². The van der Waals surface area contributed by atoms with Crippen molar-refractivity contribution in [2.45, 2.75) is 32.9 Å². The molecule has 0 spiro atoms. The summed E-state index contributed by atoms with van der Waals surface area (Å²) < 4.78 is 8.15. The number of aryl methyl sites for hydroxylation is 1. The Morgan fingerprint density at radius 2 is 2.19 bits per heavy atom. The van der Waals surface area contributed by atoms with Crippen molar-refractivity contribution in [3.63, 3.8) is 0 Å². The Labute approximate surface area is 122 Å². The first-order valence-electron chi connectivity index (χ1n) is 6.75. The lowest BCUT2D eigenvalue weighted by Crippen LogP contribution is -2.20. The van der Waals surface area contributed by atoms with E-state index in [0.29, 0.717) is 11.3 Å². The fourth-order valence-electron chi connectivity index (χ4n) is 1.93. The van der Waals surface area contributed by atoms with Gasteiger partial charge in [0.15, 0.2) is 5.69 Å². The van der Waals surface area contributed by atoms with E-state index in [4.69, 9.17) is 4.74 Å². The minimum atomic E-state index is -0.642. The number of rotatable bonds is 5. The van der Waals surface area contributed by atoms with Gasteiger partial charge >= 0.3 is 5.97 Å². The number of carbonyl (C=O) groups excluding carboxylic acids is 1. The topological polar surface area (TPSA) is 95.1 Å². The molecule has 0 aliphatic rings. The first-order chi connectivity index (χ1) is 9.95. The van der Waals surface area contributed by atoms with Crippen LogP contribution in [-0.2, 0) is 11.8 Å². The third-order valence-electron chi connectivity index (χ3n) is 3.23. The normalized spacial score (nSPS) is 14.0. The molecule has 0 bridgehead atoms. The molecule has 2 unspecified atom stereocenters. The van der Waals surface area contributed by atoms with E-state index in [-0.39, 0.29) is 18.3 Å². The van der Waals surface area contributed by atoms with Crippen LogP contribution in [0.2, 0.25) is 0 Å². The van der Waals surface area contributed by atoms with Crippen LogP contribution in [0.1, 0.15) is 37.3 Å². The molecule has 1 N–H and O–H groups in total. The zero-order valence-electron chi connectivity index (χ0n) is 12.5. The molecule has 0 saturated carbocycles. The number of aliphatic hydroxyl groups excluding tert-OH is 1. The molecule has 0 aromatic carbocycles. The number of hydrogen-bond donors (Lipinski definition) is 1. The number of aromatic nitrogens is 5. The lowest BCUT2D eigenvalue weighted by atomic mass is 10.1. The molecule has 2 heterocycles. The van der Waals surface area contributed by atoms with Gasteiger partial charge in [0.05, 0.1) is 24.9 Å². The molecule has 0 radical (unpaired) electrons. The van der Waals surface area contributed by atoms with Gasteiger partial charge < -0.3 is 9.84 Å². The summed E-state index contributed by atoms with van der Waals surface area (Å²) in [6.45, 7) is 5.44. The highest BCUT2D eigenvalue weighted by Crippen LogP contribution is 2.26. The summed E-state index contributed by atoms with van der Waals surface area (Å²) in [6.07, 6.45) is 2.73. The van der Waals surface area contributed by atoms with Gasteiger partial charge in [0.1, 0.15) is 5.69 Å². The van der Waals surface area contributed by atoms with E-state index in [9.17, 15) is 9.90 Å². The van der Waals surface area contributed by atoms with E-state index in [0.717, 1.165) is 0 Å². The van der Waals surface area contributed by atoms with Crippen LogP contribution in [0.15, 0.2) is 12.4 Å². The van der Waals surface area contributed by atoms with Crippen molar-refractivity contribution in [2.75, 3.05) is 6.61 Å². The minimum absolute atomic E-state index is 0.123. The van der Waals surface area contributed by atoms with Crippen molar-refractivity contribution in [3.05, 3.63) is 18.1 Å². The maximum Gasteiger partial charge on any atom is 0.361 e. The average Bonchev–Trinajstić information content (AvgIpc) is 3.03. The average molecular weight is 293 g/mol. The Kier molecular flexibility index (Phi) is 4.37. The van der Waals surface area contributed by atoms with Gasteiger partial charge in [-0.05, 0) is 20.8 Å². The molecule has 0 aliphatic carbocycles. The van der Waals surface area contributed by atoms with Crippen molar-refractivity contribution in [1.29, 1.82) is 0 Å². The van der Waals surface area contributed by atoms with Crippen LogP contribution in [0.4, 0.5) is 0 Å². The Morgan fingerprint density at radius 1 is 1.48 bits per heavy atom. The molecule has 21 heavy (non-hydrogen) atoms. The smallest absolute Gasteiger partial charge is 0.361 e. The molecule has 0 aliphatic heterocycles. The summed E-state index contributed by atoms with van der Waals surface area (Å²) in [6, 6.07) is -0.337. The molecule has 0 fully saturated rings. The predicted octanol–water partition coefficient (Wildman–Crippen LogP) is 0.797. The fourth-order valence-corrected chi connectivity index (χ4v) is 1.93. The molecule has 114 valence electrons. The second kappa shape index (κ2) is 6.04. The zero-order valence-corrected chi connectivity index (χ0v) is 12.5. The summed E-state index contributed by atoms with van der Waals surface area (Å²) in [5, 5.41) is 21.8. The molecule has 0 saturated heterocycles. The number of nitrogens with zero attached hydrogens (tertiary/aromatic N) is 5. The van der Waals surface area contributed by atoms with E-state index in [1.165, 1.54) is 4.68 Å². The molecule has 2 atom stereocenters. The van der Waals surface area contributed by atoms with Gasteiger partial charge in [-0.2, -0.15) is 5.10 Å². The SMILES string of the molecule is CCOC(=O)c1nnn(C(C)C(C)O)c1-c1cnn(C)c1. The number of carbonyl (C=O) groups is 1. The van der Waals surface area contributed by atoms with Crippen LogP contribution in [0.25, 0.3) is 11.3 Å². The maximum absolute atomic E-state index is 12.0. The fraction of sp³-hybridized carbons (Fsp3) is 0.538. The zero-order chi connectivity index (χ0) is 15.6. The molecule has 2 rings (SSSR count). The van der Waals surface area contributed by atoms with Crippen LogP contribution in [0, 0.1) is 0 Å². The summed E-state index contributed by atoms with van der Waals surface area (Å²) in [4.78, 5) is 12.0. The predicted molar refractivity (Wildman–Crippen MR) is 74.6 cm³/mol. The van der Waals surface area contributed by atoms with Crippen molar-refractivity contribution >= 4 is 5.97 Å². The minimum Gasteiger partial charge on any atom is -0.461 e. The highest BCUT2D eigenvalue weighted by atomic mass is 16.5. The van der Waals surface area contributed by atoms with Gasteiger partial charge in [-0.15, -0.1) is 5.10 Å². The van der Waals surface area contributed by atoms with Crippen LogP contribution in [0.5, 0.6) is 0 Å². The van der Waals surface area contributed by atoms with Crippen molar-refractivity contribution in [3.8, 4) is 11.3 Å². The second-order valence-corrected chi connectivity index (χ2v) is 4.84. The Hall–Kier alpha value is -2.22. The molecular formula is C13H19N5O3. The quantitative estimate of drug-likeness (QED) is 0.819. The summed E-state index contributed by atoms with van der Waals surface area (Å²) in [5.74, 6) is -0.541. The number of aliphatic hydroxyl groups is 1.